The maximum absolute atomic E-state index is 13.4. The Labute approximate surface area is 209 Å². The third-order valence-electron chi connectivity index (χ3n) is 6.93. The molecule has 0 radical (unpaired) electrons. The summed E-state index contributed by atoms with van der Waals surface area (Å²) < 4.78 is 27.4. The lowest BCUT2D eigenvalue weighted by Crippen LogP contribution is -2.50. The lowest BCUT2D eigenvalue weighted by molar-refractivity contribution is 0.0743. The predicted molar refractivity (Wildman–Crippen MR) is 140 cm³/mol. The fourth-order valence-electron chi connectivity index (χ4n) is 4.71. The van der Waals surface area contributed by atoms with Gasteiger partial charge in [0.1, 0.15) is 0 Å². The minimum atomic E-state index is -3.41. The first-order valence-electron chi connectivity index (χ1n) is 12.5. The average Bonchev–Trinajstić information content (AvgIpc) is 2.90. The van der Waals surface area contributed by atoms with Crippen molar-refractivity contribution < 1.29 is 13.2 Å². The van der Waals surface area contributed by atoms with Gasteiger partial charge in [0.25, 0.3) is 5.91 Å². The summed E-state index contributed by atoms with van der Waals surface area (Å²) in [6.07, 6.45) is 0. The lowest BCUT2D eigenvalue weighted by Gasteiger charge is -2.37. The van der Waals surface area contributed by atoms with E-state index in [9.17, 15) is 13.2 Å². The highest BCUT2D eigenvalue weighted by molar-refractivity contribution is 7.89. The number of hydrogen-bond donors (Lipinski definition) is 1. The van der Waals surface area contributed by atoms with Crippen LogP contribution in [0.3, 0.4) is 0 Å². The van der Waals surface area contributed by atoms with Gasteiger partial charge in [0.05, 0.1) is 5.75 Å². The number of para-hydroxylation sites is 1. The molecule has 0 saturated carbocycles. The number of piperazine rings is 2. The van der Waals surface area contributed by atoms with Crippen molar-refractivity contribution in [3.05, 3.63) is 65.7 Å². The van der Waals surface area contributed by atoms with Crippen molar-refractivity contribution in [3.63, 3.8) is 0 Å². The molecular weight excluding hydrogens is 462 g/mol. The van der Waals surface area contributed by atoms with Crippen molar-refractivity contribution >= 4 is 21.6 Å². The molecule has 9 heteroatoms. The normalized spacial score (nSPS) is 17.9. The van der Waals surface area contributed by atoms with E-state index in [-0.39, 0.29) is 18.2 Å². The van der Waals surface area contributed by atoms with E-state index in [4.69, 9.17) is 0 Å². The van der Waals surface area contributed by atoms with Crippen LogP contribution in [-0.4, -0.2) is 106 Å². The number of rotatable bonds is 9. The number of carbonyl (C=O) groups is 1. The van der Waals surface area contributed by atoms with Crippen molar-refractivity contribution in [2.75, 3.05) is 82.6 Å². The van der Waals surface area contributed by atoms with Crippen molar-refractivity contribution in [2.45, 2.75) is 6.92 Å². The van der Waals surface area contributed by atoms with Gasteiger partial charge in [0.2, 0.25) is 10.0 Å². The molecule has 0 aromatic heterocycles. The Hall–Kier alpha value is -2.46. The van der Waals surface area contributed by atoms with E-state index in [1.165, 1.54) is 5.69 Å². The Balaban J connectivity index is 1.38. The molecule has 2 aliphatic heterocycles. The summed E-state index contributed by atoms with van der Waals surface area (Å²) in [4.78, 5) is 19.9. The van der Waals surface area contributed by atoms with Gasteiger partial charge in [-0.15, -0.1) is 0 Å². The molecule has 1 N–H and O–H groups in total. The molecule has 8 nitrogen and oxygen atoms in total. The van der Waals surface area contributed by atoms with Crippen LogP contribution in [0.2, 0.25) is 0 Å². The van der Waals surface area contributed by atoms with Crippen LogP contribution in [-0.2, 0) is 10.0 Å². The molecule has 4 rings (SSSR count). The first-order valence-corrected chi connectivity index (χ1v) is 14.1. The van der Waals surface area contributed by atoms with Crippen LogP contribution in [0.1, 0.15) is 15.9 Å². The van der Waals surface area contributed by atoms with E-state index < -0.39 is 10.0 Å². The molecule has 0 unspecified atom stereocenters. The Morgan fingerprint density at radius 2 is 1.54 bits per heavy atom. The van der Waals surface area contributed by atoms with Gasteiger partial charge in [0.15, 0.2) is 0 Å². The summed E-state index contributed by atoms with van der Waals surface area (Å²) in [5.74, 6) is -0.145. The topological polar surface area (TPSA) is 76.2 Å². The summed E-state index contributed by atoms with van der Waals surface area (Å²) in [6.45, 7) is 9.37. The van der Waals surface area contributed by atoms with Gasteiger partial charge in [-0.1, -0.05) is 36.4 Å². The van der Waals surface area contributed by atoms with E-state index in [2.05, 4.69) is 39.4 Å². The fourth-order valence-corrected chi connectivity index (χ4v) is 6.15. The Morgan fingerprint density at radius 3 is 2.23 bits per heavy atom. The van der Waals surface area contributed by atoms with Crippen LogP contribution in [0.25, 0.3) is 0 Å². The number of benzene rings is 2. The number of hydrogen-bond acceptors (Lipinski definition) is 6. The molecular formula is C26H37N5O3S. The molecule has 190 valence electrons. The predicted octanol–water partition coefficient (Wildman–Crippen LogP) is 1.49. The zero-order valence-electron chi connectivity index (χ0n) is 20.6. The molecule has 0 bridgehead atoms. The summed E-state index contributed by atoms with van der Waals surface area (Å²) in [6, 6.07) is 17.9. The zero-order valence-corrected chi connectivity index (χ0v) is 21.4. The number of nitrogens with zero attached hydrogens (tertiary/aromatic N) is 4. The summed E-state index contributed by atoms with van der Waals surface area (Å²) in [5, 5.41) is 3.19. The summed E-state index contributed by atoms with van der Waals surface area (Å²) in [5.41, 5.74) is 2.78. The number of amides is 1. The number of carbonyl (C=O) groups excluding carboxylic acids is 1. The molecule has 2 aromatic carbocycles. The molecule has 2 aliphatic rings. The number of sulfonamides is 1. The van der Waals surface area contributed by atoms with Crippen LogP contribution in [0.4, 0.5) is 5.69 Å². The van der Waals surface area contributed by atoms with Gasteiger partial charge in [-0.2, -0.15) is 4.31 Å². The van der Waals surface area contributed by atoms with Crippen molar-refractivity contribution in [3.8, 4) is 0 Å². The highest BCUT2D eigenvalue weighted by Crippen LogP contribution is 2.16. The van der Waals surface area contributed by atoms with Gasteiger partial charge in [0, 0.05) is 83.2 Å². The molecule has 0 atom stereocenters. The Bertz CT molecular complexity index is 1070. The Morgan fingerprint density at radius 1 is 0.886 bits per heavy atom. The molecule has 2 heterocycles. The van der Waals surface area contributed by atoms with E-state index in [0.717, 1.165) is 38.3 Å². The van der Waals surface area contributed by atoms with Gasteiger partial charge < -0.3 is 15.1 Å². The van der Waals surface area contributed by atoms with Gasteiger partial charge >= 0.3 is 0 Å². The second kappa shape index (κ2) is 12.0. The maximum Gasteiger partial charge on any atom is 0.254 e. The summed E-state index contributed by atoms with van der Waals surface area (Å²) in [7, 11) is -3.41. The third kappa shape index (κ3) is 6.82. The zero-order chi connectivity index (χ0) is 24.7. The molecule has 1 amide bonds. The minimum absolute atomic E-state index is 0.0492. The van der Waals surface area contributed by atoms with E-state index in [1.807, 2.05) is 37.3 Å². The van der Waals surface area contributed by atoms with Crippen molar-refractivity contribution in [2.24, 2.45) is 0 Å². The molecule has 2 aromatic rings. The van der Waals surface area contributed by atoms with Crippen LogP contribution in [0, 0.1) is 6.92 Å². The highest BCUT2D eigenvalue weighted by atomic mass is 32.2. The van der Waals surface area contributed by atoms with Crippen LogP contribution in [0.15, 0.2) is 54.6 Å². The third-order valence-corrected chi connectivity index (χ3v) is 8.78. The van der Waals surface area contributed by atoms with Gasteiger partial charge in [-0.25, -0.2) is 8.42 Å². The summed E-state index contributed by atoms with van der Waals surface area (Å²) >= 11 is 0. The van der Waals surface area contributed by atoms with E-state index >= 15 is 0 Å². The number of aryl methyl sites for hydroxylation is 1. The van der Waals surface area contributed by atoms with Crippen LogP contribution in [0.5, 0.6) is 0 Å². The molecule has 2 saturated heterocycles. The monoisotopic (exact) mass is 499 g/mol. The van der Waals surface area contributed by atoms with Crippen molar-refractivity contribution in [1.82, 2.24) is 19.4 Å². The quantitative estimate of drug-likeness (QED) is 0.564. The SMILES string of the molecule is Cc1ccccc1C(=O)N(CCN1CCN(c2ccccc2)CC1)CCS(=O)(=O)N1CCNCC1. The standard InChI is InChI=1S/C26H37N5O3S/c1-23-7-5-6-10-25(23)26(32)30(21-22-35(33,34)31-13-11-27-12-14-31)20-17-28-15-18-29(19-16-28)24-8-3-2-4-9-24/h2-10,27H,11-22H2,1H3. The minimum Gasteiger partial charge on any atom is -0.369 e. The number of anilines is 1. The lowest BCUT2D eigenvalue weighted by atomic mass is 10.1. The fraction of sp³-hybridized carbons (Fsp3) is 0.500. The first-order chi connectivity index (χ1) is 16.9. The largest absolute Gasteiger partial charge is 0.369 e. The van der Waals surface area contributed by atoms with Crippen LogP contribution >= 0.6 is 0 Å². The van der Waals surface area contributed by atoms with Gasteiger partial charge in [-0.05, 0) is 30.7 Å². The van der Waals surface area contributed by atoms with E-state index in [1.54, 1.807) is 9.21 Å². The smallest absolute Gasteiger partial charge is 0.254 e. The first kappa shape index (κ1) is 25.6. The molecule has 0 spiro atoms. The molecule has 35 heavy (non-hydrogen) atoms. The maximum atomic E-state index is 13.4. The van der Waals surface area contributed by atoms with Crippen molar-refractivity contribution in [1.29, 1.82) is 0 Å². The second-order valence-electron chi connectivity index (χ2n) is 9.24. The van der Waals surface area contributed by atoms with E-state index in [0.29, 0.717) is 38.3 Å². The Kier molecular flexibility index (Phi) is 8.78. The molecule has 0 aliphatic carbocycles. The van der Waals surface area contributed by atoms with Gasteiger partial charge in [-0.3, -0.25) is 9.69 Å². The average molecular weight is 500 g/mol. The molecule has 2 fully saturated rings. The number of nitrogens with one attached hydrogen (secondary N) is 1. The van der Waals surface area contributed by atoms with Crippen LogP contribution < -0.4 is 10.2 Å². The highest BCUT2D eigenvalue weighted by Gasteiger charge is 2.27. The second-order valence-corrected chi connectivity index (χ2v) is 11.3.